The van der Waals surface area contributed by atoms with E-state index >= 15 is 0 Å². The average molecular weight is 392 g/mol. The molecular formula is C16H12Br2N2. The second kappa shape index (κ2) is 5.94. The zero-order valence-corrected chi connectivity index (χ0v) is 13.8. The molecule has 1 heterocycles. The first-order valence-electron chi connectivity index (χ1n) is 6.25. The molecule has 2 aromatic carbocycles. The van der Waals surface area contributed by atoms with Crippen LogP contribution in [0.15, 0.2) is 63.7 Å². The molecule has 2 nitrogen and oxygen atoms in total. The summed E-state index contributed by atoms with van der Waals surface area (Å²) in [6.45, 7) is 0.782. The molecule has 100 valence electrons. The number of pyridine rings is 1. The lowest BCUT2D eigenvalue weighted by Crippen LogP contribution is -2.00. The van der Waals surface area contributed by atoms with Crippen molar-refractivity contribution in [2.24, 2.45) is 0 Å². The molecule has 0 unspecified atom stereocenters. The summed E-state index contributed by atoms with van der Waals surface area (Å²) in [6, 6.07) is 16.6. The van der Waals surface area contributed by atoms with Crippen molar-refractivity contribution < 1.29 is 0 Å². The lowest BCUT2D eigenvalue weighted by Gasteiger charge is -2.09. The summed E-state index contributed by atoms with van der Waals surface area (Å²) in [4.78, 5) is 4.49. The van der Waals surface area contributed by atoms with E-state index in [-0.39, 0.29) is 0 Å². The lowest BCUT2D eigenvalue weighted by atomic mass is 10.1. The number of para-hydroxylation sites is 1. The zero-order valence-electron chi connectivity index (χ0n) is 10.6. The van der Waals surface area contributed by atoms with E-state index in [4.69, 9.17) is 0 Å². The fraction of sp³-hybridized carbons (Fsp3) is 0.0625. The Kier molecular flexibility index (Phi) is 4.03. The number of nitrogens with zero attached hydrogens (tertiary/aromatic N) is 1. The van der Waals surface area contributed by atoms with Crippen LogP contribution in [0.25, 0.3) is 10.9 Å². The summed E-state index contributed by atoms with van der Waals surface area (Å²) < 4.78 is 2.09. The quantitative estimate of drug-likeness (QED) is 0.648. The molecule has 1 aromatic heterocycles. The van der Waals surface area contributed by atoms with E-state index in [9.17, 15) is 0 Å². The summed E-state index contributed by atoms with van der Waals surface area (Å²) in [5.74, 6) is 0. The van der Waals surface area contributed by atoms with Crippen molar-refractivity contribution in [2.45, 2.75) is 6.54 Å². The van der Waals surface area contributed by atoms with Crippen LogP contribution in [-0.2, 0) is 6.54 Å². The Hall–Kier alpha value is -1.39. The Bertz CT molecular complexity index is 739. The van der Waals surface area contributed by atoms with E-state index < -0.39 is 0 Å². The van der Waals surface area contributed by atoms with Crippen molar-refractivity contribution in [3.63, 3.8) is 0 Å². The van der Waals surface area contributed by atoms with Crippen LogP contribution in [0, 0.1) is 0 Å². The molecule has 0 saturated heterocycles. The second-order valence-corrected chi connectivity index (χ2v) is 6.34. The van der Waals surface area contributed by atoms with Crippen molar-refractivity contribution in [1.29, 1.82) is 0 Å². The van der Waals surface area contributed by atoms with Gasteiger partial charge in [0.15, 0.2) is 0 Å². The maximum absolute atomic E-state index is 4.49. The van der Waals surface area contributed by atoms with Gasteiger partial charge in [0.05, 0.1) is 11.2 Å². The number of nitrogens with one attached hydrogen (secondary N) is 1. The van der Waals surface area contributed by atoms with E-state index in [0.717, 1.165) is 32.1 Å². The first-order chi connectivity index (χ1) is 9.72. The van der Waals surface area contributed by atoms with Gasteiger partial charge in [0.2, 0.25) is 0 Å². The normalized spacial score (nSPS) is 10.7. The fourth-order valence-corrected chi connectivity index (χ4v) is 2.69. The predicted octanol–water partition coefficient (Wildman–Crippen LogP) is 5.37. The average Bonchev–Trinajstić information content (AvgIpc) is 2.46. The van der Waals surface area contributed by atoms with Gasteiger partial charge < -0.3 is 5.32 Å². The number of aromatic nitrogens is 1. The topological polar surface area (TPSA) is 24.9 Å². The van der Waals surface area contributed by atoms with Crippen LogP contribution < -0.4 is 5.32 Å². The minimum Gasteiger partial charge on any atom is -0.379 e. The predicted molar refractivity (Wildman–Crippen MR) is 90.9 cm³/mol. The number of hydrogen-bond donors (Lipinski definition) is 1. The molecule has 0 aliphatic rings. The Morgan fingerprint density at radius 2 is 1.75 bits per heavy atom. The van der Waals surface area contributed by atoms with E-state index in [2.05, 4.69) is 84.6 Å². The summed E-state index contributed by atoms with van der Waals surface area (Å²) in [7, 11) is 0. The van der Waals surface area contributed by atoms with Crippen LogP contribution in [0.2, 0.25) is 0 Å². The number of halogens is 2. The third-order valence-electron chi connectivity index (χ3n) is 3.07. The highest BCUT2D eigenvalue weighted by atomic mass is 79.9. The van der Waals surface area contributed by atoms with Crippen molar-refractivity contribution in [2.75, 3.05) is 5.32 Å². The van der Waals surface area contributed by atoms with Gasteiger partial charge in [-0.2, -0.15) is 0 Å². The van der Waals surface area contributed by atoms with Crippen molar-refractivity contribution in [3.05, 3.63) is 69.2 Å². The minimum atomic E-state index is 0.782. The van der Waals surface area contributed by atoms with Gasteiger partial charge in [-0.3, -0.25) is 4.98 Å². The number of fused-ring (bicyclic) bond motifs is 1. The summed E-state index contributed by atoms with van der Waals surface area (Å²) in [6.07, 6.45) is 1.83. The molecule has 0 atom stereocenters. The number of anilines is 1. The Morgan fingerprint density at radius 3 is 2.55 bits per heavy atom. The molecule has 0 spiro atoms. The van der Waals surface area contributed by atoms with Crippen LogP contribution in [0.1, 0.15) is 5.56 Å². The van der Waals surface area contributed by atoms with Gasteiger partial charge in [-0.1, -0.05) is 40.2 Å². The van der Waals surface area contributed by atoms with E-state index in [1.807, 2.05) is 12.3 Å². The molecule has 3 rings (SSSR count). The molecule has 0 amide bonds. The molecule has 0 aliphatic heterocycles. The smallest absolute Gasteiger partial charge is 0.0934 e. The molecule has 0 radical (unpaired) electrons. The van der Waals surface area contributed by atoms with Crippen molar-refractivity contribution in [3.8, 4) is 0 Å². The SMILES string of the molecule is Brc1ccc(CNc2cccc3cc(Br)cnc23)cc1. The molecule has 20 heavy (non-hydrogen) atoms. The van der Waals surface area contributed by atoms with Gasteiger partial charge in [0.1, 0.15) is 0 Å². The van der Waals surface area contributed by atoms with Crippen LogP contribution >= 0.6 is 31.9 Å². The summed E-state index contributed by atoms with van der Waals surface area (Å²) >= 11 is 6.90. The highest BCUT2D eigenvalue weighted by molar-refractivity contribution is 9.10. The standard InChI is InChI=1S/C16H12Br2N2/c17-13-6-4-11(5-7-13)9-19-15-3-1-2-12-8-14(18)10-20-16(12)15/h1-8,10,19H,9H2. The minimum absolute atomic E-state index is 0.782. The number of rotatable bonds is 3. The number of hydrogen-bond acceptors (Lipinski definition) is 2. The van der Waals surface area contributed by atoms with Gasteiger partial charge in [0.25, 0.3) is 0 Å². The first kappa shape index (κ1) is 13.6. The highest BCUT2D eigenvalue weighted by Crippen LogP contribution is 2.24. The van der Waals surface area contributed by atoms with Crippen molar-refractivity contribution in [1.82, 2.24) is 4.98 Å². The fourth-order valence-electron chi connectivity index (χ4n) is 2.08. The Balaban J connectivity index is 1.85. The van der Waals surface area contributed by atoms with Gasteiger partial charge in [-0.25, -0.2) is 0 Å². The maximum atomic E-state index is 4.49. The molecular weight excluding hydrogens is 380 g/mol. The van der Waals surface area contributed by atoms with Crippen LogP contribution in [0.4, 0.5) is 5.69 Å². The summed E-state index contributed by atoms with van der Waals surface area (Å²) in [5, 5.41) is 4.57. The molecule has 0 aliphatic carbocycles. The van der Waals surface area contributed by atoms with Crippen LogP contribution in [-0.4, -0.2) is 4.98 Å². The zero-order chi connectivity index (χ0) is 13.9. The van der Waals surface area contributed by atoms with Gasteiger partial charge in [0, 0.05) is 27.1 Å². The first-order valence-corrected chi connectivity index (χ1v) is 7.83. The van der Waals surface area contributed by atoms with E-state index in [1.165, 1.54) is 5.56 Å². The van der Waals surface area contributed by atoms with E-state index in [1.54, 1.807) is 0 Å². The van der Waals surface area contributed by atoms with Crippen LogP contribution in [0.3, 0.4) is 0 Å². The van der Waals surface area contributed by atoms with Gasteiger partial charge >= 0.3 is 0 Å². The van der Waals surface area contributed by atoms with Gasteiger partial charge in [-0.05, 0) is 45.8 Å². The number of benzene rings is 2. The Labute approximate surface area is 134 Å². The van der Waals surface area contributed by atoms with Gasteiger partial charge in [-0.15, -0.1) is 0 Å². The third-order valence-corrected chi connectivity index (χ3v) is 4.04. The molecule has 0 bridgehead atoms. The monoisotopic (exact) mass is 390 g/mol. The molecule has 1 N–H and O–H groups in total. The van der Waals surface area contributed by atoms with E-state index in [0.29, 0.717) is 0 Å². The maximum Gasteiger partial charge on any atom is 0.0934 e. The lowest BCUT2D eigenvalue weighted by molar-refractivity contribution is 1.15. The molecule has 3 aromatic rings. The third kappa shape index (κ3) is 3.02. The summed E-state index contributed by atoms with van der Waals surface area (Å²) in [5.41, 5.74) is 3.29. The highest BCUT2D eigenvalue weighted by Gasteiger charge is 2.02. The van der Waals surface area contributed by atoms with Crippen molar-refractivity contribution >= 4 is 48.5 Å². The molecule has 4 heteroatoms. The Morgan fingerprint density at radius 1 is 0.950 bits per heavy atom. The largest absolute Gasteiger partial charge is 0.379 e. The second-order valence-electron chi connectivity index (χ2n) is 4.51. The van der Waals surface area contributed by atoms with Crippen LogP contribution in [0.5, 0.6) is 0 Å². The molecule has 0 fully saturated rings. The molecule has 0 saturated carbocycles.